The zero-order valence-electron chi connectivity index (χ0n) is 12.1. The highest BCUT2D eigenvalue weighted by atomic mass is 32.2. The number of rotatable bonds is 6. The molecule has 0 aliphatic rings. The average molecular weight is 314 g/mol. The molecule has 0 bridgehead atoms. The molecule has 1 amide bonds. The number of benzene rings is 1. The molecule has 7 nitrogen and oxygen atoms in total. The normalized spacial score (nSPS) is 11.2. The monoisotopic (exact) mass is 314 g/mol. The van der Waals surface area contributed by atoms with Gasteiger partial charge in [-0.1, -0.05) is 6.07 Å². The minimum absolute atomic E-state index is 0.0881. The van der Waals surface area contributed by atoms with E-state index in [1.165, 1.54) is 17.0 Å². The van der Waals surface area contributed by atoms with Gasteiger partial charge >= 0.3 is 5.97 Å². The Morgan fingerprint density at radius 1 is 1.33 bits per heavy atom. The Morgan fingerprint density at radius 3 is 2.48 bits per heavy atom. The van der Waals surface area contributed by atoms with Gasteiger partial charge in [-0.3, -0.25) is 4.79 Å². The first kappa shape index (κ1) is 17.1. The number of likely N-dealkylation sites (N-methyl/N-ethyl adjacent to an activating group) is 1. The van der Waals surface area contributed by atoms with E-state index in [1.54, 1.807) is 20.9 Å². The highest BCUT2D eigenvalue weighted by Gasteiger charge is 2.19. The maximum atomic E-state index is 12.1. The number of carbonyl (C=O) groups is 2. The van der Waals surface area contributed by atoms with E-state index in [1.807, 2.05) is 0 Å². The lowest BCUT2D eigenvalue weighted by Gasteiger charge is -2.15. The highest BCUT2D eigenvalue weighted by Crippen LogP contribution is 2.15. The number of carboxylic acids is 1. The fraction of sp³-hybridized carbons (Fsp3) is 0.385. The van der Waals surface area contributed by atoms with Crippen LogP contribution in [0.2, 0.25) is 0 Å². The lowest BCUT2D eigenvalue weighted by atomic mass is 10.1. The second kappa shape index (κ2) is 6.68. The van der Waals surface area contributed by atoms with Crippen molar-refractivity contribution in [3.63, 3.8) is 0 Å². The summed E-state index contributed by atoms with van der Waals surface area (Å²) in [4.78, 5) is 23.8. The van der Waals surface area contributed by atoms with Crippen molar-refractivity contribution in [2.24, 2.45) is 0 Å². The molecule has 0 aliphatic carbocycles. The van der Waals surface area contributed by atoms with Crippen LogP contribution in [0.5, 0.6) is 0 Å². The smallest absolute Gasteiger partial charge is 0.335 e. The van der Waals surface area contributed by atoms with Gasteiger partial charge in [-0.05, 0) is 31.5 Å². The molecule has 0 saturated heterocycles. The predicted octanol–water partition coefficient (Wildman–Crippen LogP) is 0.450. The van der Waals surface area contributed by atoms with E-state index >= 15 is 0 Å². The summed E-state index contributed by atoms with van der Waals surface area (Å²) in [7, 11) is -2.37. The van der Waals surface area contributed by atoms with Crippen molar-refractivity contribution in [3.8, 4) is 0 Å². The lowest BCUT2D eigenvalue weighted by molar-refractivity contribution is -0.128. The molecule has 0 radical (unpaired) electrons. The summed E-state index contributed by atoms with van der Waals surface area (Å²) in [5.41, 5.74) is 0.373. The number of aryl methyl sites for hydroxylation is 1. The van der Waals surface area contributed by atoms with Crippen molar-refractivity contribution in [1.82, 2.24) is 9.62 Å². The zero-order chi connectivity index (χ0) is 16.2. The van der Waals surface area contributed by atoms with Gasteiger partial charge in [0.2, 0.25) is 15.9 Å². The summed E-state index contributed by atoms with van der Waals surface area (Å²) in [6, 6.07) is 3.80. The van der Waals surface area contributed by atoms with Crippen molar-refractivity contribution in [1.29, 1.82) is 0 Å². The summed E-state index contributed by atoms with van der Waals surface area (Å²) in [5, 5.41) is 9.00. The highest BCUT2D eigenvalue weighted by molar-refractivity contribution is 7.89. The first-order valence-corrected chi connectivity index (χ1v) is 7.75. The number of hydrogen-bond acceptors (Lipinski definition) is 4. The standard InChI is InChI=1S/C13H18N2O5S/c1-4-15(3)12(16)8-14-21(19,20)10-6-5-9(2)11(7-10)13(17)18/h5-7,14H,4,8H2,1-3H3,(H,17,18). The lowest BCUT2D eigenvalue weighted by Crippen LogP contribution is -2.38. The molecule has 1 aromatic carbocycles. The average Bonchev–Trinajstić information content (AvgIpc) is 2.43. The van der Waals surface area contributed by atoms with Gasteiger partial charge in [-0.2, -0.15) is 0 Å². The van der Waals surface area contributed by atoms with Gasteiger partial charge < -0.3 is 10.0 Å². The van der Waals surface area contributed by atoms with E-state index in [-0.39, 0.29) is 22.9 Å². The van der Waals surface area contributed by atoms with Gasteiger partial charge in [0.05, 0.1) is 17.0 Å². The molecular formula is C13H18N2O5S. The fourth-order valence-corrected chi connectivity index (χ4v) is 2.55. The Labute approximate surface area is 123 Å². The van der Waals surface area contributed by atoms with Gasteiger partial charge in [0.1, 0.15) is 0 Å². The molecule has 21 heavy (non-hydrogen) atoms. The maximum absolute atomic E-state index is 12.1. The SMILES string of the molecule is CCN(C)C(=O)CNS(=O)(=O)c1ccc(C)c(C(=O)O)c1. The van der Waals surface area contributed by atoms with Crippen LogP contribution in [0.15, 0.2) is 23.1 Å². The molecule has 8 heteroatoms. The third-order valence-corrected chi connectivity index (χ3v) is 4.46. The van der Waals surface area contributed by atoms with Crippen LogP contribution in [0.1, 0.15) is 22.8 Å². The molecule has 0 fully saturated rings. The predicted molar refractivity (Wildman–Crippen MR) is 76.6 cm³/mol. The molecule has 0 saturated carbocycles. The number of aromatic carboxylic acids is 1. The van der Waals surface area contributed by atoms with Gasteiger partial charge in [0.25, 0.3) is 0 Å². The van der Waals surface area contributed by atoms with E-state index in [9.17, 15) is 18.0 Å². The first-order chi connectivity index (χ1) is 9.69. The van der Waals surface area contributed by atoms with Crippen LogP contribution in [0.4, 0.5) is 0 Å². The molecule has 1 aromatic rings. The van der Waals surface area contributed by atoms with Crippen LogP contribution in [-0.4, -0.2) is 50.4 Å². The van der Waals surface area contributed by atoms with Crippen LogP contribution < -0.4 is 4.72 Å². The van der Waals surface area contributed by atoms with Gasteiger partial charge in [0.15, 0.2) is 0 Å². The molecule has 2 N–H and O–H groups in total. The van der Waals surface area contributed by atoms with Crippen molar-refractivity contribution < 1.29 is 23.1 Å². The van der Waals surface area contributed by atoms with Crippen LogP contribution >= 0.6 is 0 Å². The Morgan fingerprint density at radius 2 is 1.95 bits per heavy atom. The van der Waals surface area contributed by atoms with Crippen LogP contribution in [0.25, 0.3) is 0 Å². The number of amides is 1. The number of nitrogens with zero attached hydrogens (tertiary/aromatic N) is 1. The third kappa shape index (κ3) is 4.27. The van der Waals surface area contributed by atoms with Crippen molar-refractivity contribution in [2.45, 2.75) is 18.7 Å². The van der Waals surface area contributed by atoms with E-state index in [0.717, 1.165) is 6.07 Å². The minimum Gasteiger partial charge on any atom is -0.478 e. The summed E-state index contributed by atoms with van der Waals surface area (Å²) < 4.78 is 26.3. The van der Waals surface area contributed by atoms with Gasteiger partial charge in [-0.25, -0.2) is 17.9 Å². The van der Waals surface area contributed by atoms with Gasteiger partial charge in [0, 0.05) is 13.6 Å². The summed E-state index contributed by atoms with van der Waals surface area (Å²) in [6.07, 6.45) is 0. The minimum atomic E-state index is -3.93. The Hall–Kier alpha value is -1.93. The van der Waals surface area contributed by atoms with Gasteiger partial charge in [-0.15, -0.1) is 0 Å². The molecular weight excluding hydrogens is 296 g/mol. The summed E-state index contributed by atoms with van der Waals surface area (Å²) in [6.45, 7) is 3.44. The van der Waals surface area contributed by atoms with E-state index in [2.05, 4.69) is 4.72 Å². The number of carbonyl (C=O) groups excluding carboxylic acids is 1. The number of carboxylic acid groups (broad SMARTS) is 1. The maximum Gasteiger partial charge on any atom is 0.335 e. The van der Waals surface area contributed by atoms with E-state index in [0.29, 0.717) is 12.1 Å². The molecule has 0 unspecified atom stereocenters. The molecule has 0 aromatic heterocycles. The molecule has 0 aliphatic heterocycles. The second-order valence-electron chi connectivity index (χ2n) is 4.51. The summed E-state index contributed by atoms with van der Waals surface area (Å²) in [5.74, 6) is -1.57. The molecule has 0 spiro atoms. The van der Waals surface area contributed by atoms with Crippen LogP contribution in [0.3, 0.4) is 0 Å². The van der Waals surface area contributed by atoms with E-state index < -0.39 is 16.0 Å². The van der Waals surface area contributed by atoms with Crippen LogP contribution in [-0.2, 0) is 14.8 Å². The van der Waals surface area contributed by atoms with Crippen LogP contribution in [0, 0.1) is 6.92 Å². The summed E-state index contributed by atoms with van der Waals surface area (Å²) >= 11 is 0. The van der Waals surface area contributed by atoms with E-state index in [4.69, 9.17) is 5.11 Å². The molecule has 116 valence electrons. The molecule has 0 atom stereocenters. The third-order valence-electron chi connectivity index (χ3n) is 3.06. The van der Waals surface area contributed by atoms with Crippen molar-refractivity contribution in [2.75, 3.05) is 20.1 Å². The zero-order valence-corrected chi connectivity index (χ0v) is 12.9. The Balaban J connectivity index is 2.96. The quantitative estimate of drug-likeness (QED) is 0.793. The fourth-order valence-electron chi connectivity index (χ4n) is 1.55. The topological polar surface area (TPSA) is 104 Å². The Bertz CT molecular complexity index is 655. The largest absolute Gasteiger partial charge is 0.478 e. The number of hydrogen-bond donors (Lipinski definition) is 2. The first-order valence-electron chi connectivity index (χ1n) is 6.26. The number of nitrogens with one attached hydrogen (secondary N) is 1. The van der Waals surface area contributed by atoms with Crippen molar-refractivity contribution in [3.05, 3.63) is 29.3 Å². The van der Waals surface area contributed by atoms with Crippen molar-refractivity contribution >= 4 is 21.9 Å². The second-order valence-corrected chi connectivity index (χ2v) is 6.28. The molecule has 1 rings (SSSR count). The Kier molecular flexibility index (Phi) is 5.45. The number of sulfonamides is 1. The molecule has 0 heterocycles.